The highest BCUT2D eigenvalue weighted by molar-refractivity contribution is 6.30. The van der Waals surface area contributed by atoms with Gasteiger partial charge in [0, 0.05) is 11.6 Å². The molecule has 0 fully saturated rings. The summed E-state index contributed by atoms with van der Waals surface area (Å²) in [5, 5.41) is 3.67. The first kappa shape index (κ1) is 19.0. The van der Waals surface area contributed by atoms with Crippen LogP contribution in [0.1, 0.15) is 21.7 Å². The number of hydrogen-bond acceptors (Lipinski definition) is 3. The van der Waals surface area contributed by atoms with Gasteiger partial charge in [-0.25, -0.2) is 4.98 Å². The number of aromatic nitrogens is 2. The molecule has 1 heterocycles. The largest absolute Gasteiger partial charge is 0.496 e. The average molecular weight is 406 g/mol. The number of ether oxygens (including phenoxy) is 1. The van der Waals surface area contributed by atoms with Crippen LogP contribution in [0.4, 0.5) is 0 Å². The fourth-order valence-corrected chi connectivity index (χ4v) is 3.42. The van der Waals surface area contributed by atoms with Gasteiger partial charge in [-0.15, -0.1) is 0 Å². The fraction of sp³-hybridized carbons (Fsp3) is 0.130. The first-order valence-corrected chi connectivity index (χ1v) is 9.63. The Morgan fingerprint density at radius 1 is 1.03 bits per heavy atom. The second-order valence-corrected chi connectivity index (χ2v) is 7.05. The van der Waals surface area contributed by atoms with E-state index in [4.69, 9.17) is 21.3 Å². The van der Waals surface area contributed by atoms with Crippen LogP contribution < -0.4 is 10.1 Å². The summed E-state index contributed by atoms with van der Waals surface area (Å²) in [6.45, 7) is 0.941. The van der Waals surface area contributed by atoms with Gasteiger partial charge in [0.05, 0.1) is 30.3 Å². The summed E-state index contributed by atoms with van der Waals surface area (Å²) < 4.78 is 7.40. The zero-order valence-corrected chi connectivity index (χ0v) is 16.7. The molecule has 0 aliphatic rings. The molecule has 6 heteroatoms. The Bertz CT molecular complexity index is 1150. The van der Waals surface area contributed by atoms with E-state index in [9.17, 15) is 4.79 Å². The van der Waals surface area contributed by atoms with Crippen LogP contribution in [0.2, 0.25) is 5.02 Å². The summed E-state index contributed by atoms with van der Waals surface area (Å²) in [6, 6.07) is 22.8. The number of benzene rings is 3. The number of amides is 1. The van der Waals surface area contributed by atoms with Gasteiger partial charge >= 0.3 is 0 Å². The van der Waals surface area contributed by atoms with Crippen LogP contribution in [-0.2, 0) is 13.1 Å². The Morgan fingerprint density at radius 3 is 2.55 bits per heavy atom. The van der Waals surface area contributed by atoms with Gasteiger partial charge in [0.15, 0.2) is 0 Å². The van der Waals surface area contributed by atoms with E-state index in [1.165, 1.54) is 0 Å². The molecule has 29 heavy (non-hydrogen) atoms. The van der Waals surface area contributed by atoms with Crippen molar-refractivity contribution >= 4 is 28.5 Å². The third kappa shape index (κ3) is 4.10. The lowest BCUT2D eigenvalue weighted by atomic mass is 10.2. The van der Waals surface area contributed by atoms with E-state index in [2.05, 4.69) is 9.88 Å². The van der Waals surface area contributed by atoms with Gasteiger partial charge in [0.1, 0.15) is 11.6 Å². The lowest BCUT2D eigenvalue weighted by molar-refractivity contribution is 0.0946. The fourth-order valence-electron chi connectivity index (χ4n) is 3.30. The van der Waals surface area contributed by atoms with Gasteiger partial charge in [-0.3, -0.25) is 4.79 Å². The number of fused-ring (bicyclic) bond motifs is 1. The zero-order chi connectivity index (χ0) is 20.2. The molecule has 3 aromatic carbocycles. The third-order valence-corrected chi connectivity index (χ3v) is 5.00. The third-order valence-electron chi connectivity index (χ3n) is 4.75. The summed E-state index contributed by atoms with van der Waals surface area (Å²) in [6.07, 6.45) is 0. The molecule has 1 aromatic heterocycles. The van der Waals surface area contributed by atoms with E-state index in [0.717, 1.165) is 22.4 Å². The number of nitrogens with one attached hydrogen (secondary N) is 1. The number of para-hydroxylation sites is 3. The number of carbonyl (C=O) groups excluding carboxylic acids is 1. The summed E-state index contributed by atoms with van der Waals surface area (Å²) in [5.41, 5.74) is 3.51. The molecule has 0 aliphatic heterocycles. The molecule has 0 aliphatic carbocycles. The molecule has 0 unspecified atom stereocenters. The van der Waals surface area contributed by atoms with Crippen LogP contribution in [0.3, 0.4) is 0 Å². The molecule has 1 amide bonds. The SMILES string of the molecule is COc1ccccc1C(=O)NCc1nc2ccccc2n1Cc1ccc(Cl)cc1. The van der Waals surface area contributed by atoms with Crippen LogP contribution >= 0.6 is 11.6 Å². The minimum Gasteiger partial charge on any atom is -0.496 e. The maximum absolute atomic E-state index is 12.7. The molecule has 0 bridgehead atoms. The van der Waals surface area contributed by atoms with Crippen molar-refractivity contribution in [1.29, 1.82) is 0 Å². The minimum atomic E-state index is -0.201. The van der Waals surface area contributed by atoms with Gasteiger partial charge in [-0.2, -0.15) is 0 Å². The average Bonchev–Trinajstić information content (AvgIpc) is 3.11. The molecule has 146 valence electrons. The number of carbonyl (C=O) groups is 1. The molecule has 5 nitrogen and oxygen atoms in total. The van der Waals surface area contributed by atoms with Crippen LogP contribution in [-0.4, -0.2) is 22.6 Å². The van der Waals surface area contributed by atoms with Crippen LogP contribution in [0.5, 0.6) is 5.75 Å². The zero-order valence-electron chi connectivity index (χ0n) is 15.9. The normalized spacial score (nSPS) is 10.8. The van der Waals surface area contributed by atoms with Gasteiger partial charge < -0.3 is 14.6 Å². The van der Waals surface area contributed by atoms with Crippen molar-refractivity contribution in [3.8, 4) is 5.75 Å². The quantitative estimate of drug-likeness (QED) is 0.507. The second-order valence-electron chi connectivity index (χ2n) is 6.61. The number of nitrogens with zero attached hydrogens (tertiary/aromatic N) is 2. The lowest BCUT2D eigenvalue weighted by Gasteiger charge is -2.12. The van der Waals surface area contributed by atoms with Gasteiger partial charge in [-0.1, -0.05) is 48.0 Å². The Morgan fingerprint density at radius 2 is 1.76 bits per heavy atom. The molecule has 4 aromatic rings. The highest BCUT2D eigenvalue weighted by Crippen LogP contribution is 2.20. The van der Waals surface area contributed by atoms with Gasteiger partial charge in [0.2, 0.25) is 0 Å². The van der Waals surface area contributed by atoms with E-state index < -0.39 is 0 Å². The van der Waals surface area contributed by atoms with E-state index >= 15 is 0 Å². The summed E-state index contributed by atoms with van der Waals surface area (Å²) in [5.74, 6) is 1.12. The molecule has 0 atom stereocenters. The number of halogens is 1. The second kappa shape index (κ2) is 8.37. The van der Waals surface area contributed by atoms with Crippen molar-refractivity contribution in [2.45, 2.75) is 13.1 Å². The molecular formula is C23H20ClN3O2. The Hall–Kier alpha value is -3.31. The molecule has 4 rings (SSSR count). The Labute approximate surface area is 173 Å². The Kier molecular flexibility index (Phi) is 5.49. The number of imidazole rings is 1. The van der Waals surface area contributed by atoms with E-state index in [-0.39, 0.29) is 5.91 Å². The summed E-state index contributed by atoms with van der Waals surface area (Å²) >= 11 is 6.01. The van der Waals surface area contributed by atoms with Crippen molar-refractivity contribution < 1.29 is 9.53 Å². The monoisotopic (exact) mass is 405 g/mol. The number of hydrogen-bond donors (Lipinski definition) is 1. The standard InChI is InChI=1S/C23H20ClN3O2/c1-29-21-9-5-2-6-18(21)23(28)25-14-22-26-19-7-3-4-8-20(19)27(22)15-16-10-12-17(24)13-11-16/h2-13H,14-15H2,1H3,(H,25,28). The minimum absolute atomic E-state index is 0.201. The summed E-state index contributed by atoms with van der Waals surface area (Å²) in [7, 11) is 1.55. The number of methoxy groups -OCH3 is 1. The van der Waals surface area contributed by atoms with E-state index in [1.807, 2.05) is 60.7 Å². The van der Waals surface area contributed by atoms with Crippen molar-refractivity contribution in [3.63, 3.8) is 0 Å². The maximum atomic E-state index is 12.7. The van der Waals surface area contributed by atoms with Crippen molar-refractivity contribution in [3.05, 3.63) is 94.8 Å². The smallest absolute Gasteiger partial charge is 0.255 e. The van der Waals surface area contributed by atoms with Gasteiger partial charge in [-0.05, 0) is 42.0 Å². The van der Waals surface area contributed by atoms with Crippen LogP contribution in [0.25, 0.3) is 11.0 Å². The topological polar surface area (TPSA) is 56.1 Å². The first-order valence-electron chi connectivity index (χ1n) is 9.25. The number of rotatable bonds is 6. The lowest BCUT2D eigenvalue weighted by Crippen LogP contribution is -2.25. The summed E-state index contributed by atoms with van der Waals surface area (Å²) in [4.78, 5) is 17.4. The van der Waals surface area contributed by atoms with Crippen LogP contribution in [0, 0.1) is 0 Å². The molecule has 0 spiro atoms. The first-order chi connectivity index (χ1) is 14.2. The molecule has 1 N–H and O–H groups in total. The predicted octanol–water partition coefficient (Wildman–Crippen LogP) is 4.68. The van der Waals surface area contributed by atoms with Crippen molar-refractivity contribution in [2.75, 3.05) is 7.11 Å². The highest BCUT2D eigenvalue weighted by atomic mass is 35.5. The van der Waals surface area contributed by atoms with Gasteiger partial charge in [0.25, 0.3) is 5.91 Å². The molecule has 0 saturated heterocycles. The predicted molar refractivity (Wildman–Crippen MR) is 114 cm³/mol. The maximum Gasteiger partial charge on any atom is 0.255 e. The van der Waals surface area contributed by atoms with E-state index in [1.54, 1.807) is 19.2 Å². The van der Waals surface area contributed by atoms with Crippen LogP contribution in [0.15, 0.2) is 72.8 Å². The Balaban J connectivity index is 1.61. The van der Waals surface area contributed by atoms with Crippen molar-refractivity contribution in [1.82, 2.24) is 14.9 Å². The van der Waals surface area contributed by atoms with Crippen molar-refractivity contribution in [2.24, 2.45) is 0 Å². The molecule has 0 saturated carbocycles. The highest BCUT2D eigenvalue weighted by Gasteiger charge is 2.15. The van der Waals surface area contributed by atoms with E-state index in [0.29, 0.717) is 29.4 Å². The molecular weight excluding hydrogens is 386 g/mol. The molecule has 0 radical (unpaired) electrons.